The number of hydrogen-bond acceptors (Lipinski definition) is 6. The molecule has 4 aromatic rings. The van der Waals surface area contributed by atoms with E-state index in [1.54, 1.807) is 41.9 Å². The number of aromatic nitrogens is 2. The number of halogens is 2. The molecule has 33 heavy (non-hydrogen) atoms. The first-order chi connectivity index (χ1) is 15.9. The fourth-order valence-corrected chi connectivity index (χ4v) is 5.58. The average molecular weight is 499 g/mol. The van der Waals surface area contributed by atoms with Crippen molar-refractivity contribution < 1.29 is 9.53 Å². The summed E-state index contributed by atoms with van der Waals surface area (Å²) in [5.74, 6) is 0.667. The minimum absolute atomic E-state index is 0.0893. The summed E-state index contributed by atoms with van der Waals surface area (Å²) < 4.78 is 5.69. The molecular weight excluding hydrogens is 479 g/mol. The lowest BCUT2D eigenvalue weighted by molar-refractivity contribution is 0.0926. The van der Waals surface area contributed by atoms with E-state index < -0.39 is 0 Å². The van der Waals surface area contributed by atoms with Crippen molar-refractivity contribution >= 4 is 57.0 Å². The number of hydrogen-bond donors (Lipinski definition) is 1. The Labute approximate surface area is 205 Å². The van der Waals surface area contributed by atoms with E-state index in [9.17, 15) is 4.79 Å². The van der Waals surface area contributed by atoms with E-state index in [1.807, 2.05) is 36.5 Å². The first-order valence-electron chi connectivity index (χ1n) is 10.3. The number of rotatable bonds is 4. The Kier molecular flexibility index (Phi) is 5.86. The van der Waals surface area contributed by atoms with Crippen molar-refractivity contribution in [2.45, 2.75) is 12.5 Å². The molecule has 1 atom stereocenters. The molecule has 0 spiro atoms. The van der Waals surface area contributed by atoms with Gasteiger partial charge in [0.05, 0.1) is 40.0 Å². The highest BCUT2D eigenvalue weighted by Crippen LogP contribution is 2.38. The lowest BCUT2D eigenvalue weighted by Crippen LogP contribution is -2.32. The topological polar surface area (TPSA) is 67.4 Å². The highest BCUT2D eigenvalue weighted by Gasteiger charge is 2.27. The van der Waals surface area contributed by atoms with Crippen LogP contribution in [0.1, 0.15) is 27.7 Å². The number of fused-ring (bicyclic) bond motifs is 2. The van der Waals surface area contributed by atoms with Crippen molar-refractivity contribution in [2.75, 3.05) is 25.6 Å². The van der Waals surface area contributed by atoms with Crippen molar-refractivity contribution in [1.29, 1.82) is 0 Å². The minimum atomic E-state index is -0.177. The Bertz CT molecular complexity index is 1350. The second-order valence-corrected chi connectivity index (χ2v) is 9.76. The number of anilines is 1. The molecule has 1 aromatic carbocycles. The third kappa shape index (κ3) is 4.12. The summed E-state index contributed by atoms with van der Waals surface area (Å²) in [6, 6.07) is 9.00. The number of benzene rings is 1. The van der Waals surface area contributed by atoms with Gasteiger partial charge in [0.1, 0.15) is 5.75 Å². The Morgan fingerprint density at radius 3 is 2.73 bits per heavy atom. The number of ether oxygens (including phenoxy) is 1. The van der Waals surface area contributed by atoms with Gasteiger partial charge in [-0.2, -0.15) is 0 Å². The summed E-state index contributed by atoms with van der Waals surface area (Å²) >= 11 is 14.0. The SMILES string of the molecule is CN(C)c1c(C(=O)N[C@H]2CCOc3ccsc32)cnc2c(-c3cc(Cl)cc(Cl)c3)nccc12. The third-order valence-electron chi connectivity index (χ3n) is 5.53. The third-order valence-corrected chi connectivity index (χ3v) is 6.98. The summed E-state index contributed by atoms with van der Waals surface area (Å²) in [6.07, 6.45) is 4.04. The normalized spacial score (nSPS) is 15.1. The van der Waals surface area contributed by atoms with Gasteiger partial charge in [0.2, 0.25) is 0 Å². The molecule has 0 bridgehead atoms. The largest absolute Gasteiger partial charge is 0.492 e. The number of carbonyl (C=O) groups excluding carboxylic acids is 1. The molecule has 1 amide bonds. The van der Waals surface area contributed by atoms with E-state index >= 15 is 0 Å². The summed E-state index contributed by atoms with van der Waals surface area (Å²) in [4.78, 5) is 25.5. The molecule has 5 rings (SSSR count). The summed E-state index contributed by atoms with van der Waals surface area (Å²) in [6.45, 7) is 0.572. The molecule has 0 fully saturated rings. The lowest BCUT2D eigenvalue weighted by Gasteiger charge is -2.25. The molecule has 6 nitrogen and oxygen atoms in total. The van der Waals surface area contributed by atoms with Crippen LogP contribution in [-0.4, -0.2) is 36.6 Å². The Morgan fingerprint density at radius 2 is 1.97 bits per heavy atom. The Hall–Kier alpha value is -2.87. The quantitative estimate of drug-likeness (QED) is 0.374. The first-order valence-corrected chi connectivity index (χ1v) is 12.0. The number of carbonyl (C=O) groups is 1. The van der Waals surface area contributed by atoms with Crippen LogP contribution in [0.4, 0.5) is 5.69 Å². The second kappa shape index (κ2) is 8.82. The number of nitrogens with one attached hydrogen (secondary N) is 1. The maximum atomic E-state index is 13.4. The maximum Gasteiger partial charge on any atom is 0.255 e. The average Bonchev–Trinajstić information content (AvgIpc) is 3.27. The second-order valence-electron chi connectivity index (χ2n) is 7.94. The molecule has 3 aromatic heterocycles. The van der Waals surface area contributed by atoms with Crippen LogP contribution in [0.25, 0.3) is 22.2 Å². The van der Waals surface area contributed by atoms with Gasteiger partial charge in [-0.05, 0) is 35.7 Å². The van der Waals surface area contributed by atoms with Crippen molar-refractivity contribution in [3.8, 4) is 17.0 Å². The number of nitrogens with zero attached hydrogens (tertiary/aromatic N) is 3. The molecule has 1 aliphatic rings. The van der Waals surface area contributed by atoms with Gasteiger partial charge >= 0.3 is 0 Å². The molecule has 0 saturated heterocycles. The summed E-state index contributed by atoms with van der Waals surface area (Å²) in [5, 5.41) is 7.01. The monoisotopic (exact) mass is 498 g/mol. The van der Waals surface area contributed by atoms with E-state index in [0.717, 1.165) is 33.7 Å². The predicted molar refractivity (Wildman–Crippen MR) is 134 cm³/mol. The number of thiophene rings is 1. The van der Waals surface area contributed by atoms with Gasteiger partial charge in [-0.25, -0.2) is 0 Å². The molecule has 0 aliphatic carbocycles. The number of amides is 1. The fraction of sp³-hybridized carbons (Fsp3) is 0.208. The van der Waals surface area contributed by atoms with Crippen molar-refractivity contribution in [2.24, 2.45) is 0 Å². The molecule has 168 valence electrons. The highest BCUT2D eigenvalue weighted by atomic mass is 35.5. The highest BCUT2D eigenvalue weighted by molar-refractivity contribution is 7.10. The molecule has 0 radical (unpaired) electrons. The van der Waals surface area contributed by atoms with Crippen LogP contribution in [0.5, 0.6) is 5.75 Å². The summed E-state index contributed by atoms with van der Waals surface area (Å²) in [5.41, 5.74) is 3.35. The van der Waals surface area contributed by atoms with Crippen LogP contribution >= 0.6 is 34.5 Å². The fourth-order valence-electron chi connectivity index (χ4n) is 4.13. The molecule has 0 unspecified atom stereocenters. The zero-order valence-electron chi connectivity index (χ0n) is 17.9. The van der Waals surface area contributed by atoms with E-state index in [0.29, 0.717) is 33.4 Å². The molecule has 1 N–H and O–H groups in total. The Balaban J connectivity index is 1.58. The van der Waals surface area contributed by atoms with Crippen LogP contribution in [0.3, 0.4) is 0 Å². The molecule has 4 heterocycles. The van der Waals surface area contributed by atoms with Crippen LogP contribution in [0.2, 0.25) is 10.0 Å². The van der Waals surface area contributed by atoms with E-state index in [4.69, 9.17) is 27.9 Å². The standard InChI is InChI=1S/C24H20Cl2N4O2S/c1-30(2)22-16-3-6-27-20(13-9-14(25)11-15(26)10-13)21(16)28-12-17(22)24(31)29-18-4-7-32-19-5-8-33-23(18)19/h3,5-6,8-12,18H,4,7H2,1-2H3,(H,29,31)/t18-/m0/s1. The first kappa shape index (κ1) is 21.9. The van der Waals surface area contributed by atoms with Crippen molar-refractivity contribution in [1.82, 2.24) is 15.3 Å². The minimum Gasteiger partial charge on any atom is -0.492 e. The zero-order valence-corrected chi connectivity index (χ0v) is 20.3. The van der Waals surface area contributed by atoms with Gasteiger partial charge in [-0.15, -0.1) is 11.3 Å². The molecule has 9 heteroatoms. The van der Waals surface area contributed by atoms with Crippen LogP contribution in [0.15, 0.2) is 48.1 Å². The van der Waals surface area contributed by atoms with Crippen LogP contribution < -0.4 is 15.0 Å². The van der Waals surface area contributed by atoms with E-state index in [1.165, 1.54) is 0 Å². The van der Waals surface area contributed by atoms with E-state index in [2.05, 4.69) is 15.3 Å². The maximum absolute atomic E-state index is 13.4. The van der Waals surface area contributed by atoms with E-state index in [-0.39, 0.29) is 11.9 Å². The molecular formula is C24H20Cl2N4O2S. The van der Waals surface area contributed by atoms with Gasteiger partial charge in [-0.3, -0.25) is 14.8 Å². The zero-order chi connectivity index (χ0) is 23.1. The molecule has 0 saturated carbocycles. The van der Waals surface area contributed by atoms with Gasteiger partial charge < -0.3 is 15.0 Å². The smallest absolute Gasteiger partial charge is 0.255 e. The van der Waals surface area contributed by atoms with Gasteiger partial charge in [0, 0.05) is 53.9 Å². The lowest BCUT2D eigenvalue weighted by atomic mass is 10.0. The van der Waals surface area contributed by atoms with Crippen molar-refractivity contribution in [3.05, 3.63) is 68.6 Å². The van der Waals surface area contributed by atoms with Gasteiger partial charge in [0.15, 0.2) is 0 Å². The predicted octanol–water partition coefficient (Wildman–Crippen LogP) is 5.98. The van der Waals surface area contributed by atoms with Crippen molar-refractivity contribution in [3.63, 3.8) is 0 Å². The van der Waals surface area contributed by atoms with Crippen LogP contribution in [0, 0.1) is 0 Å². The Morgan fingerprint density at radius 1 is 1.18 bits per heavy atom. The van der Waals surface area contributed by atoms with Crippen LogP contribution in [-0.2, 0) is 0 Å². The number of pyridine rings is 2. The summed E-state index contributed by atoms with van der Waals surface area (Å²) in [7, 11) is 3.82. The van der Waals surface area contributed by atoms with Gasteiger partial charge in [-0.1, -0.05) is 23.2 Å². The molecule has 1 aliphatic heterocycles. The van der Waals surface area contributed by atoms with Gasteiger partial charge in [0.25, 0.3) is 5.91 Å².